The molecule has 1 aromatic heterocycles. The Kier molecular flexibility index (Phi) is 9.25. The van der Waals surface area contributed by atoms with Gasteiger partial charge in [-0.05, 0) is 68.4 Å². The molecule has 0 aliphatic heterocycles. The Balaban J connectivity index is 1.77. The maximum Gasteiger partial charge on any atom is 0.345 e. The zero-order valence-electron chi connectivity index (χ0n) is 21.5. The van der Waals surface area contributed by atoms with Crippen molar-refractivity contribution in [3.8, 4) is 0 Å². The van der Waals surface area contributed by atoms with E-state index in [0.717, 1.165) is 24.8 Å². The molecule has 0 bridgehead atoms. The van der Waals surface area contributed by atoms with Gasteiger partial charge in [0.2, 0.25) is 0 Å². The van der Waals surface area contributed by atoms with E-state index in [1.807, 2.05) is 51.1 Å². The van der Waals surface area contributed by atoms with Crippen LogP contribution in [0.1, 0.15) is 87.5 Å². The number of H-pyrrole nitrogens is 1. The van der Waals surface area contributed by atoms with E-state index in [4.69, 9.17) is 0 Å². The summed E-state index contributed by atoms with van der Waals surface area (Å²) >= 11 is 0. The van der Waals surface area contributed by atoms with Crippen LogP contribution in [0.15, 0.2) is 41.2 Å². The van der Waals surface area contributed by atoms with Gasteiger partial charge in [-0.15, -0.1) is 0 Å². The number of carbonyl (C=O) groups is 1. The minimum absolute atomic E-state index is 0.0117. The summed E-state index contributed by atoms with van der Waals surface area (Å²) < 4.78 is 0. The second-order valence-electron chi connectivity index (χ2n) is 11.1. The monoisotopic (exact) mass is 483 g/mol. The molecule has 0 spiro atoms. The van der Waals surface area contributed by atoms with E-state index in [2.05, 4.69) is 22.2 Å². The van der Waals surface area contributed by atoms with Crippen molar-refractivity contribution in [3.05, 3.63) is 63.8 Å². The van der Waals surface area contributed by atoms with Gasteiger partial charge in [0, 0.05) is 18.2 Å². The third-order valence-electron chi connectivity index (χ3n) is 7.22. The summed E-state index contributed by atoms with van der Waals surface area (Å²) in [4.78, 5) is 31.5. The summed E-state index contributed by atoms with van der Waals surface area (Å²) in [6.45, 7) is 8.34. The van der Waals surface area contributed by atoms with Crippen LogP contribution in [0.25, 0.3) is 0 Å². The number of hydrogen-bond acceptors (Lipinski definition) is 5. The summed E-state index contributed by atoms with van der Waals surface area (Å²) in [5, 5.41) is 25.3. The first-order valence-electron chi connectivity index (χ1n) is 12.9. The van der Waals surface area contributed by atoms with Crippen molar-refractivity contribution in [1.82, 2.24) is 15.3 Å². The summed E-state index contributed by atoms with van der Waals surface area (Å²) in [6, 6.07) is 11.7. The van der Waals surface area contributed by atoms with E-state index in [-0.39, 0.29) is 24.1 Å². The quantitative estimate of drug-likeness (QED) is 0.499. The average molecular weight is 484 g/mol. The fourth-order valence-corrected chi connectivity index (χ4v) is 5.33. The fourth-order valence-electron chi connectivity index (χ4n) is 5.33. The van der Waals surface area contributed by atoms with Crippen molar-refractivity contribution in [3.63, 3.8) is 0 Å². The molecule has 0 radical (unpaired) electrons. The fraction of sp³-hybridized carbons (Fsp3) is 0.607. The van der Waals surface area contributed by atoms with Gasteiger partial charge in [0.15, 0.2) is 0 Å². The standard InChI is InChI=1S/C28H41N3O4/c1-18(2)12-23-15-25(31-27(34)30-23)26(33)29-17-22-11-10-19(3)13-24(32)14-21(16-28(22,4)35)20-8-6-5-7-9-20/h5-9,15,18-19,21-22,24,32,35H,10-14,16-17H2,1-4H3,(H,29,33)(H,30,31,34)/t19-,21-,22+,24+,28-/m1/s1. The van der Waals surface area contributed by atoms with E-state index in [1.54, 1.807) is 6.07 Å². The molecule has 2 aromatic rings. The molecule has 4 N–H and O–H groups in total. The van der Waals surface area contributed by atoms with Crippen LogP contribution in [0.3, 0.4) is 0 Å². The van der Waals surface area contributed by atoms with Gasteiger partial charge >= 0.3 is 5.69 Å². The minimum atomic E-state index is -1.05. The zero-order valence-corrected chi connectivity index (χ0v) is 21.5. The van der Waals surface area contributed by atoms with Crippen LogP contribution in [0.2, 0.25) is 0 Å². The first kappa shape index (κ1) is 27.1. The molecule has 5 atom stereocenters. The van der Waals surface area contributed by atoms with Gasteiger partial charge in [-0.3, -0.25) is 4.79 Å². The van der Waals surface area contributed by atoms with Gasteiger partial charge < -0.3 is 20.5 Å². The zero-order chi connectivity index (χ0) is 25.6. The number of aromatic nitrogens is 2. The van der Waals surface area contributed by atoms with Crippen molar-refractivity contribution in [2.75, 3.05) is 6.54 Å². The molecule has 0 unspecified atom stereocenters. The van der Waals surface area contributed by atoms with Crippen LogP contribution in [0.4, 0.5) is 0 Å². The summed E-state index contributed by atoms with van der Waals surface area (Å²) in [5.41, 5.74) is 0.316. The molecule has 3 rings (SSSR count). The molecule has 35 heavy (non-hydrogen) atoms. The number of aliphatic hydroxyl groups excluding tert-OH is 1. The molecule has 7 heteroatoms. The maximum atomic E-state index is 12.9. The second-order valence-corrected chi connectivity index (χ2v) is 11.1. The molecule has 1 amide bonds. The Morgan fingerprint density at radius 3 is 2.63 bits per heavy atom. The predicted molar refractivity (Wildman–Crippen MR) is 137 cm³/mol. The number of hydrogen-bond donors (Lipinski definition) is 4. The number of nitrogens with one attached hydrogen (secondary N) is 2. The van der Waals surface area contributed by atoms with Gasteiger partial charge in [0.05, 0.1) is 11.7 Å². The van der Waals surface area contributed by atoms with Crippen molar-refractivity contribution in [1.29, 1.82) is 0 Å². The molecule has 192 valence electrons. The molecule has 1 saturated carbocycles. The highest BCUT2D eigenvalue weighted by atomic mass is 16.3. The largest absolute Gasteiger partial charge is 0.393 e. The SMILES string of the molecule is CC(C)Cc1cc(C(=O)NC[C@@H]2CC[C@@H](C)C[C@H](O)C[C@@H](c3ccccc3)C[C@@]2(C)O)nc(=O)[nH]1. The number of carbonyl (C=O) groups excluding carboxylic acids is 1. The van der Waals surface area contributed by atoms with Crippen molar-refractivity contribution < 1.29 is 15.0 Å². The number of aromatic amines is 1. The van der Waals surface area contributed by atoms with Crippen LogP contribution >= 0.6 is 0 Å². The number of benzene rings is 1. The Morgan fingerprint density at radius 1 is 1.23 bits per heavy atom. The van der Waals surface area contributed by atoms with E-state index in [1.165, 1.54) is 0 Å². The highest BCUT2D eigenvalue weighted by Crippen LogP contribution is 2.38. The van der Waals surface area contributed by atoms with E-state index < -0.39 is 23.3 Å². The first-order chi connectivity index (χ1) is 16.5. The lowest BCUT2D eigenvalue weighted by atomic mass is 9.73. The molecular weight excluding hydrogens is 442 g/mol. The Hall–Kier alpha value is -2.51. The molecular formula is C28H41N3O4. The third kappa shape index (κ3) is 8.00. The molecule has 1 aromatic carbocycles. The van der Waals surface area contributed by atoms with Gasteiger partial charge in [0.25, 0.3) is 5.91 Å². The Morgan fingerprint density at radius 2 is 1.94 bits per heavy atom. The predicted octanol–water partition coefficient (Wildman–Crippen LogP) is 3.81. The van der Waals surface area contributed by atoms with Crippen LogP contribution < -0.4 is 11.0 Å². The summed E-state index contributed by atoms with van der Waals surface area (Å²) in [7, 11) is 0. The molecule has 1 aliphatic rings. The number of nitrogens with zero attached hydrogens (tertiary/aromatic N) is 1. The summed E-state index contributed by atoms with van der Waals surface area (Å²) in [5.74, 6) is 0.0729. The lowest BCUT2D eigenvalue weighted by Gasteiger charge is -2.38. The van der Waals surface area contributed by atoms with Gasteiger partial charge in [-0.2, -0.15) is 4.98 Å². The van der Waals surface area contributed by atoms with E-state index in [0.29, 0.717) is 36.8 Å². The van der Waals surface area contributed by atoms with Crippen LogP contribution in [-0.4, -0.2) is 44.3 Å². The highest BCUT2D eigenvalue weighted by Gasteiger charge is 2.37. The van der Waals surface area contributed by atoms with Crippen LogP contribution in [-0.2, 0) is 6.42 Å². The van der Waals surface area contributed by atoms with Gasteiger partial charge in [-0.1, -0.05) is 57.5 Å². The van der Waals surface area contributed by atoms with Crippen LogP contribution in [0.5, 0.6) is 0 Å². The van der Waals surface area contributed by atoms with Gasteiger partial charge in [0.1, 0.15) is 5.69 Å². The Bertz CT molecular complexity index is 1020. The molecule has 0 saturated heterocycles. The smallest absolute Gasteiger partial charge is 0.345 e. The van der Waals surface area contributed by atoms with Crippen molar-refractivity contribution >= 4 is 5.91 Å². The summed E-state index contributed by atoms with van der Waals surface area (Å²) in [6.07, 6.45) is 3.63. The van der Waals surface area contributed by atoms with Crippen molar-refractivity contribution in [2.24, 2.45) is 17.8 Å². The lowest BCUT2D eigenvalue weighted by molar-refractivity contribution is -0.0278. The lowest BCUT2D eigenvalue weighted by Crippen LogP contribution is -2.44. The van der Waals surface area contributed by atoms with E-state index >= 15 is 0 Å². The van der Waals surface area contributed by atoms with E-state index in [9.17, 15) is 19.8 Å². The molecule has 1 fully saturated rings. The van der Waals surface area contributed by atoms with Crippen LogP contribution in [0, 0.1) is 17.8 Å². The molecule has 7 nitrogen and oxygen atoms in total. The van der Waals surface area contributed by atoms with Crippen molar-refractivity contribution in [2.45, 2.75) is 83.8 Å². The second kappa shape index (κ2) is 12.0. The maximum absolute atomic E-state index is 12.9. The first-order valence-corrected chi connectivity index (χ1v) is 12.9. The topological polar surface area (TPSA) is 115 Å². The highest BCUT2D eigenvalue weighted by molar-refractivity contribution is 5.92. The average Bonchev–Trinajstić information content (AvgIpc) is 2.77. The number of aliphatic hydroxyl groups is 2. The normalized spacial score (nSPS) is 28.0. The minimum Gasteiger partial charge on any atom is -0.393 e. The number of rotatable bonds is 6. The molecule has 1 heterocycles. The third-order valence-corrected chi connectivity index (χ3v) is 7.22. The Labute approximate surface area is 208 Å². The number of amides is 1. The molecule has 1 aliphatic carbocycles. The van der Waals surface area contributed by atoms with Gasteiger partial charge in [-0.25, -0.2) is 4.79 Å².